The van der Waals surface area contributed by atoms with Gasteiger partial charge in [0.25, 0.3) is 12.3 Å². The van der Waals surface area contributed by atoms with E-state index in [1.54, 1.807) is 18.3 Å². The first-order chi connectivity index (χ1) is 16.0. The zero-order valence-corrected chi connectivity index (χ0v) is 19.6. The molecule has 1 N–H and O–H groups in total. The lowest BCUT2D eigenvalue weighted by Gasteiger charge is -2.19. The number of rotatable bonds is 6. The summed E-state index contributed by atoms with van der Waals surface area (Å²) in [7, 11) is 0. The van der Waals surface area contributed by atoms with Gasteiger partial charge in [0, 0.05) is 40.2 Å². The van der Waals surface area contributed by atoms with E-state index in [-0.39, 0.29) is 23.8 Å². The zero-order chi connectivity index (χ0) is 24.6. The molecule has 34 heavy (non-hydrogen) atoms. The predicted octanol–water partition coefficient (Wildman–Crippen LogP) is 5.97. The molecule has 3 aromatic rings. The number of anilines is 1. The van der Waals surface area contributed by atoms with Gasteiger partial charge in [0.05, 0.1) is 19.1 Å². The van der Waals surface area contributed by atoms with Crippen molar-refractivity contribution in [3.63, 3.8) is 0 Å². The minimum Gasteiger partial charge on any atom is -0.363 e. The molecule has 2 aromatic heterocycles. The highest BCUT2D eigenvalue weighted by molar-refractivity contribution is 5.99. The Labute approximate surface area is 197 Å². The van der Waals surface area contributed by atoms with Gasteiger partial charge in [-0.3, -0.25) is 9.78 Å². The van der Waals surface area contributed by atoms with Crippen LogP contribution in [-0.4, -0.2) is 33.7 Å². The van der Waals surface area contributed by atoms with Crippen LogP contribution in [0, 0.1) is 5.82 Å². The quantitative estimate of drug-likeness (QED) is 0.484. The minimum atomic E-state index is -2.61. The Balaban J connectivity index is 1.56. The Hall–Kier alpha value is -3.42. The van der Waals surface area contributed by atoms with Crippen molar-refractivity contribution in [3.05, 3.63) is 77.0 Å². The van der Waals surface area contributed by atoms with E-state index in [9.17, 15) is 13.6 Å². The molecular weight excluding hydrogens is 441 g/mol. The summed E-state index contributed by atoms with van der Waals surface area (Å²) in [4.78, 5) is 22.2. The number of hydrogen-bond acceptors (Lipinski definition) is 4. The summed E-state index contributed by atoms with van der Waals surface area (Å²) in [6, 6.07) is 9.94. The van der Waals surface area contributed by atoms with Crippen LogP contribution in [0.4, 0.5) is 19.0 Å². The second-order valence-electron chi connectivity index (χ2n) is 9.55. The molecule has 0 radical (unpaired) electrons. The molecule has 0 spiro atoms. The summed E-state index contributed by atoms with van der Waals surface area (Å²) in [5.41, 5.74) is 3.59. The molecule has 0 saturated carbocycles. The van der Waals surface area contributed by atoms with Gasteiger partial charge >= 0.3 is 0 Å². The number of nitrogens with one attached hydrogen (secondary N) is 1. The maximum absolute atomic E-state index is 15.1. The molecule has 1 amide bonds. The third-order valence-electron chi connectivity index (χ3n) is 5.97. The first kappa shape index (κ1) is 23.7. The minimum absolute atomic E-state index is 0.0624. The molecule has 0 bridgehead atoms. The average Bonchev–Trinajstić information content (AvgIpc) is 3.09. The lowest BCUT2D eigenvalue weighted by Crippen LogP contribution is -2.29. The normalized spacial score (nSPS) is 14.5. The molecule has 1 aromatic carbocycles. The van der Waals surface area contributed by atoms with Crippen LogP contribution in [0.15, 0.2) is 48.8 Å². The third-order valence-corrected chi connectivity index (χ3v) is 5.97. The first-order valence-corrected chi connectivity index (χ1v) is 11.1. The lowest BCUT2D eigenvalue weighted by molar-refractivity contribution is 0.0577. The fraction of sp³-hybridized carbons (Fsp3) is 0.346. The van der Waals surface area contributed by atoms with Crippen molar-refractivity contribution in [3.8, 4) is 11.1 Å². The highest BCUT2D eigenvalue weighted by Gasteiger charge is 2.32. The van der Waals surface area contributed by atoms with Crippen LogP contribution in [0.3, 0.4) is 0 Å². The molecule has 178 valence electrons. The smallest absolute Gasteiger partial charge is 0.255 e. The van der Waals surface area contributed by atoms with Gasteiger partial charge in [0.2, 0.25) is 0 Å². The van der Waals surface area contributed by atoms with Gasteiger partial charge in [-0.05, 0) is 42.3 Å². The molecule has 1 aliphatic rings. The van der Waals surface area contributed by atoms with Crippen LogP contribution >= 0.6 is 0 Å². The Morgan fingerprint density at radius 2 is 1.79 bits per heavy atom. The number of pyridine rings is 2. The molecule has 8 heteroatoms. The molecule has 0 aliphatic carbocycles. The molecule has 4 rings (SSSR count). The molecular formula is C26H27F3N4O. The second kappa shape index (κ2) is 9.08. The lowest BCUT2D eigenvalue weighted by atomic mass is 9.89. The van der Waals surface area contributed by atoms with E-state index < -0.39 is 18.9 Å². The van der Waals surface area contributed by atoms with Crippen LogP contribution in [0.1, 0.15) is 60.9 Å². The second-order valence-corrected chi connectivity index (χ2v) is 9.55. The van der Waals surface area contributed by atoms with Crippen molar-refractivity contribution >= 4 is 11.7 Å². The van der Waals surface area contributed by atoms with Gasteiger partial charge < -0.3 is 10.2 Å². The van der Waals surface area contributed by atoms with Gasteiger partial charge in [0.1, 0.15) is 11.6 Å². The van der Waals surface area contributed by atoms with E-state index in [0.29, 0.717) is 28.1 Å². The maximum atomic E-state index is 15.1. The Morgan fingerprint density at radius 1 is 1.06 bits per heavy atom. The van der Waals surface area contributed by atoms with Gasteiger partial charge in [-0.2, -0.15) is 0 Å². The molecule has 0 fully saturated rings. The van der Waals surface area contributed by atoms with Crippen molar-refractivity contribution in [1.29, 1.82) is 0 Å². The number of alkyl halides is 2. The van der Waals surface area contributed by atoms with E-state index in [0.717, 1.165) is 16.2 Å². The zero-order valence-electron chi connectivity index (χ0n) is 19.6. The molecule has 5 nitrogen and oxygen atoms in total. The Bertz CT molecular complexity index is 1220. The number of nitrogens with zero attached hydrogens (tertiary/aromatic N) is 3. The number of carbonyl (C=O) groups is 1. The fourth-order valence-electron chi connectivity index (χ4n) is 4.06. The molecule has 0 saturated heterocycles. The van der Waals surface area contributed by atoms with Crippen LogP contribution in [0.25, 0.3) is 11.1 Å². The number of halogens is 3. The molecule has 1 unspecified atom stereocenters. The summed E-state index contributed by atoms with van der Waals surface area (Å²) in [5, 5.41) is 3.21. The first-order valence-electron chi connectivity index (χ1n) is 11.1. The van der Waals surface area contributed by atoms with E-state index in [2.05, 4.69) is 36.1 Å². The van der Waals surface area contributed by atoms with Crippen molar-refractivity contribution in [2.75, 3.05) is 11.9 Å². The summed E-state index contributed by atoms with van der Waals surface area (Å²) < 4.78 is 40.8. The Morgan fingerprint density at radius 3 is 2.47 bits per heavy atom. The summed E-state index contributed by atoms with van der Waals surface area (Å²) in [6.45, 7) is 7.46. The van der Waals surface area contributed by atoms with E-state index in [1.807, 2.05) is 19.1 Å². The maximum Gasteiger partial charge on any atom is 0.255 e. The van der Waals surface area contributed by atoms with E-state index in [1.165, 1.54) is 18.3 Å². The monoisotopic (exact) mass is 468 g/mol. The van der Waals surface area contributed by atoms with Crippen molar-refractivity contribution in [2.24, 2.45) is 0 Å². The number of benzene rings is 1. The number of hydrogen-bond donors (Lipinski definition) is 1. The fourth-order valence-corrected chi connectivity index (χ4v) is 4.06. The summed E-state index contributed by atoms with van der Waals surface area (Å²) in [6.07, 6.45) is 0.550. The number of aromatic nitrogens is 2. The summed E-state index contributed by atoms with van der Waals surface area (Å²) in [5.74, 6) is -0.360. The number of carbonyl (C=O) groups excluding carboxylic acids is 1. The van der Waals surface area contributed by atoms with Gasteiger partial charge in [-0.25, -0.2) is 18.2 Å². The van der Waals surface area contributed by atoms with Gasteiger partial charge in [-0.1, -0.05) is 32.9 Å². The summed E-state index contributed by atoms with van der Waals surface area (Å²) >= 11 is 0. The molecule has 1 aliphatic heterocycles. The van der Waals surface area contributed by atoms with Crippen molar-refractivity contribution < 1.29 is 18.0 Å². The largest absolute Gasteiger partial charge is 0.363 e. The SMILES string of the molecule is CC(Nc1nccc2c1CN(CC(F)F)C2=O)c1ccc(-c2ccnc(C(C)(C)C)c2)c(F)c1. The van der Waals surface area contributed by atoms with E-state index in [4.69, 9.17) is 0 Å². The highest BCUT2D eigenvalue weighted by Crippen LogP contribution is 2.32. The van der Waals surface area contributed by atoms with Crippen LogP contribution in [-0.2, 0) is 12.0 Å². The van der Waals surface area contributed by atoms with E-state index >= 15 is 4.39 Å². The number of fused-ring (bicyclic) bond motifs is 1. The topological polar surface area (TPSA) is 58.1 Å². The number of amides is 1. The van der Waals surface area contributed by atoms with Crippen molar-refractivity contribution in [1.82, 2.24) is 14.9 Å². The highest BCUT2D eigenvalue weighted by atomic mass is 19.3. The van der Waals surface area contributed by atoms with Crippen molar-refractivity contribution in [2.45, 2.75) is 52.1 Å². The van der Waals surface area contributed by atoms with Crippen LogP contribution in [0.2, 0.25) is 0 Å². The predicted molar refractivity (Wildman–Crippen MR) is 125 cm³/mol. The average molecular weight is 469 g/mol. The van der Waals surface area contributed by atoms with Crippen LogP contribution in [0.5, 0.6) is 0 Å². The molecule has 3 heterocycles. The third kappa shape index (κ3) is 4.76. The Kier molecular flexibility index (Phi) is 6.34. The van der Waals surface area contributed by atoms with Crippen LogP contribution < -0.4 is 5.32 Å². The standard InChI is InChI=1S/C26H27F3N4O/c1-15(32-24-20-13-33(14-23(28)29)25(34)19(20)8-10-31-24)16-5-6-18(21(27)11-16)17-7-9-30-22(12-17)26(2,3)4/h5-12,15,23H,13-14H2,1-4H3,(H,31,32). The molecule has 1 atom stereocenters. The van der Waals surface area contributed by atoms with Gasteiger partial charge in [-0.15, -0.1) is 0 Å². The van der Waals surface area contributed by atoms with Gasteiger partial charge in [0.15, 0.2) is 0 Å².